The van der Waals surface area contributed by atoms with Crippen LogP contribution in [-0.4, -0.2) is 15.9 Å². The maximum atomic E-state index is 12.9. The molecule has 6 heteroatoms. The summed E-state index contributed by atoms with van der Waals surface area (Å²) in [5, 5.41) is 6.06. The van der Waals surface area contributed by atoms with Gasteiger partial charge in [0, 0.05) is 24.0 Å². The van der Waals surface area contributed by atoms with Crippen LogP contribution >= 0.6 is 0 Å². The Balaban J connectivity index is 1.60. The van der Waals surface area contributed by atoms with Crippen molar-refractivity contribution in [2.45, 2.75) is 20.4 Å². The van der Waals surface area contributed by atoms with Crippen molar-refractivity contribution in [3.8, 4) is 0 Å². The molecular weight excluding hydrogens is 331 g/mol. The van der Waals surface area contributed by atoms with E-state index in [0.717, 1.165) is 22.8 Å². The molecule has 0 aliphatic carbocycles. The monoisotopic (exact) mass is 350 g/mol. The highest BCUT2D eigenvalue weighted by atomic mass is 19.1. The van der Waals surface area contributed by atoms with Crippen LogP contribution in [0.4, 0.5) is 15.9 Å². The second-order valence-electron chi connectivity index (χ2n) is 5.96. The fourth-order valence-corrected chi connectivity index (χ4v) is 2.40. The molecule has 0 saturated heterocycles. The van der Waals surface area contributed by atoms with Gasteiger partial charge < -0.3 is 10.6 Å². The van der Waals surface area contributed by atoms with Crippen LogP contribution in [0.2, 0.25) is 0 Å². The number of amides is 1. The molecule has 2 N–H and O–H groups in total. The van der Waals surface area contributed by atoms with E-state index in [1.165, 1.54) is 24.3 Å². The molecule has 0 bridgehead atoms. The molecule has 5 nitrogen and oxygen atoms in total. The molecular formula is C20H19FN4O. The highest BCUT2D eigenvalue weighted by Crippen LogP contribution is 2.14. The fraction of sp³-hybridized carbons (Fsp3) is 0.150. The topological polar surface area (TPSA) is 66.9 Å². The lowest BCUT2D eigenvalue weighted by atomic mass is 10.1. The molecule has 3 rings (SSSR count). The van der Waals surface area contributed by atoms with E-state index < -0.39 is 0 Å². The number of benzene rings is 2. The van der Waals surface area contributed by atoms with Crippen molar-refractivity contribution in [3.05, 3.63) is 83.1 Å². The first-order chi connectivity index (χ1) is 12.5. The van der Waals surface area contributed by atoms with Crippen LogP contribution in [0.1, 0.15) is 27.3 Å². The van der Waals surface area contributed by atoms with Gasteiger partial charge in [0.05, 0.1) is 11.4 Å². The van der Waals surface area contributed by atoms with Gasteiger partial charge in [0.1, 0.15) is 11.6 Å². The first-order valence-corrected chi connectivity index (χ1v) is 8.21. The van der Waals surface area contributed by atoms with Gasteiger partial charge >= 0.3 is 0 Å². The van der Waals surface area contributed by atoms with Crippen molar-refractivity contribution in [1.82, 2.24) is 9.97 Å². The summed E-state index contributed by atoms with van der Waals surface area (Å²) < 4.78 is 12.9. The van der Waals surface area contributed by atoms with Gasteiger partial charge in [-0.3, -0.25) is 9.78 Å². The lowest BCUT2D eigenvalue weighted by Gasteiger charge is -2.10. The largest absolute Gasteiger partial charge is 0.364 e. The molecule has 1 heterocycles. The molecule has 0 radical (unpaired) electrons. The van der Waals surface area contributed by atoms with Gasteiger partial charge in [-0.2, -0.15) is 0 Å². The Kier molecular flexibility index (Phi) is 5.22. The molecule has 1 amide bonds. The number of hydrogen-bond acceptors (Lipinski definition) is 4. The fourth-order valence-electron chi connectivity index (χ4n) is 2.40. The zero-order valence-electron chi connectivity index (χ0n) is 14.6. The quantitative estimate of drug-likeness (QED) is 0.727. The van der Waals surface area contributed by atoms with E-state index in [0.29, 0.717) is 17.8 Å². The number of aromatic nitrogens is 2. The highest BCUT2D eigenvalue weighted by Gasteiger charge is 2.06. The summed E-state index contributed by atoms with van der Waals surface area (Å²) in [5.74, 6) is 0.118. The van der Waals surface area contributed by atoms with Crippen molar-refractivity contribution < 1.29 is 9.18 Å². The number of hydrogen-bond donors (Lipinski definition) is 2. The summed E-state index contributed by atoms with van der Waals surface area (Å²) >= 11 is 0. The van der Waals surface area contributed by atoms with Crippen LogP contribution in [0.5, 0.6) is 0 Å². The Hall–Kier alpha value is -3.28. The van der Waals surface area contributed by atoms with Crippen LogP contribution in [0, 0.1) is 19.7 Å². The third-order valence-electron chi connectivity index (χ3n) is 3.85. The molecule has 0 atom stereocenters. The summed E-state index contributed by atoms with van der Waals surface area (Å²) in [4.78, 5) is 20.8. The first kappa shape index (κ1) is 17.5. The predicted molar refractivity (Wildman–Crippen MR) is 99.6 cm³/mol. The number of nitrogens with one attached hydrogen (secondary N) is 2. The third-order valence-corrected chi connectivity index (χ3v) is 3.85. The van der Waals surface area contributed by atoms with Crippen molar-refractivity contribution in [1.29, 1.82) is 0 Å². The van der Waals surface area contributed by atoms with Gasteiger partial charge in [0.15, 0.2) is 0 Å². The number of nitrogens with zero attached hydrogens (tertiary/aromatic N) is 2. The van der Waals surface area contributed by atoms with Crippen LogP contribution in [-0.2, 0) is 6.54 Å². The Bertz CT molecular complexity index is 908. The molecule has 1 aromatic heterocycles. The molecule has 3 aromatic rings. The lowest BCUT2D eigenvalue weighted by Crippen LogP contribution is -2.12. The lowest BCUT2D eigenvalue weighted by molar-refractivity contribution is 0.102. The smallest absolute Gasteiger partial charge is 0.255 e. The minimum atomic E-state index is -0.369. The van der Waals surface area contributed by atoms with Crippen LogP contribution < -0.4 is 10.6 Å². The molecule has 0 aliphatic rings. The van der Waals surface area contributed by atoms with E-state index in [4.69, 9.17) is 0 Å². The molecule has 0 saturated carbocycles. The normalized spacial score (nSPS) is 10.4. The number of carbonyl (C=O) groups is 1. The summed E-state index contributed by atoms with van der Waals surface area (Å²) in [6, 6.07) is 12.9. The number of aryl methyl sites for hydroxylation is 2. The maximum absolute atomic E-state index is 12.9. The van der Waals surface area contributed by atoms with Crippen molar-refractivity contribution in [2.24, 2.45) is 0 Å². The number of carbonyl (C=O) groups excluding carboxylic acids is 1. The molecule has 0 aliphatic heterocycles. The van der Waals surface area contributed by atoms with Gasteiger partial charge in [-0.15, -0.1) is 0 Å². The van der Waals surface area contributed by atoms with E-state index in [2.05, 4.69) is 20.6 Å². The third kappa shape index (κ3) is 4.42. The van der Waals surface area contributed by atoms with Gasteiger partial charge in [0.25, 0.3) is 5.91 Å². The highest BCUT2D eigenvalue weighted by molar-refractivity contribution is 6.04. The van der Waals surface area contributed by atoms with Crippen LogP contribution in [0.25, 0.3) is 0 Å². The Morgan fingerprint density at radius 1 is 1.04 bits per heavy atom. The number of rotatable bonds is 5. The zero-order valence-corrected chi connectivity index (χ0v) is 14.6. The van der Waals surface area contributed by atoms with E-state index in [-0.39, 0.29) is 11.7 Å². The standard InChI is InChI=1S/C20H19FN4O/c1-13-11-22-14(2)19(24-13)23-12-15-3-9-18(10-4-15)25-20(26)16-5-7-17(21)8-6-16/h3-11H,12H2,1-2H3,(H,23,24)(H,25,26). The first-order valence-electron chi connectivity index (χ1n) is 8.21. The average molecular weight is 350 g/mol. The Morgan fingerprint density at radius 3 is 2.42 bits per heavy atom. The second kappa shape index (κ2) is 7.74. The van der Waals surface area contributed by atoms with Crippen molar-refractivity contribution >= 4 is 17.4 Å². The average Bonchev–Trinajstić information content (AvgIpc) is 2.64. The van der Waals surface area contributed by atoms with Crippen molar-refractivity contribution in [2.75, 3.05) is 10.6 Å². The van der Waals surface area contributed by atoms with Gasteiger partial charge in [-0.1, -0.05) is 12.1 Å². The molecule has 0 unspecified atom stereocenters. The molecule has 26 heavy (non-hydrogen) atoms. The van der Waals surface area contributed by atoms with Gasteiger partial charge in [-0.05, 0) is 55.8 Å². The number of halogens is 1. The zero-order chi connectivity index (χ0) is 18.5. The van der Waals surface area contributed by atoms with E-state index >= 15 is 0 Å². The molecule has 2 aromatic carbocycles. The second-order valence-corrected chi connectivity index (χ2v) is 5.96. The van der Waals surface area contributed by atoms with Gasteiger partial charge in [-0.25, -0.2) is 9.37 Å². The predicted octanol–water partition coefficient (Wildman–Crippen LogP) is 4.10. The summed E-state index contributed by atoms with van der Waals surface area (Å²) in [6.45, 7) is 4.41. The van der Waals surface area contributed by atoms with Crippen LogP contribution in [0.3, 0.4) is 0 Å². The SMILES string of the molecule is Cc1cnc(C)c(NCc2ccc(NC(=O)c3ccc(F)cc3)cc2)n1. The van der Waals surface area contributed by atoms with Gasteiger partial charge in [0.2, 0.25) is 0 Å². The summed E-state index contributed by atoms with van der Waals surface area (Å²) in [5.41, 5.74) is 3.84. The van der Waals surface area contributed by atoms with E-state index in [1.807, 2.05) is 38.1 Å². The Labute approximate surface area is 151 Å². The number of anilines is 2. The molecule has 0 fully saturated rings. The summed E-state index contributed by atoms with van der Waals surface area (Å²) in [6.07, 6.45) is 1.74. The molecule has 132 valence electrons. The summed E-state index contributed by atoms with van der Waals surface area (Å²) in [7, 11) is 0. The maximum Gasteiger partial charge on any atom is 0.255 e. The minimum absolute atomic E-state index is 0.276. The van der Waals surface area contributed by atoms with E-state index in [9.17, 15) is 9.18 Å². The molecule has 0 spiro atoms. The van der Waals surface area contributed by atoms with Crippen LogP contribution in [0.15, 0.2) is 54.7 Å². The van der Waals surface area contributed by atoms with Crippen molar-refractivity contribution in [3.63, 3.8) is 0 Å². The van der Waals surface area contributed by atoms with E-state index in [1.54, 1.807) is 6.20 Å². The Morgan fingerprint density at radius 2 is 1.73 bits per heavy atom. The minimum Gasteiger partial charge on any atom is -0.364 e.